The summed E-state index contributed by atoms with van der Waals surface area (Å²) in [6.45, 7) is 3.86. The first-order valence-corrected chi connectivity index (χ1v) is 10.0. The smallest absolute Gasteiger partial charge is 0.272 e. The van der Waals surface area contributed by atoms with Gasteiger partial charge in [-0.15, -0.1) is 10.2 Å². The van der Waals surface area contributed by atoms with E-state index in [9.17, 15) is 4.79 Å². The Balaban J connectivity index is 1.74. The predicted octanol–water partition coefficient (Wildman–Crippen LogP) is 3.46. The van der Waals surface area contributed by atoms with Crippen LogP contribution in [0.2, 0.25) is 0 Å². The zero-order valence-electron chi connectivity index (χ0n) is 15.0. The summed E-state index contributed by atoms with van der Waals surface area (Å²) in [5.74, 6) is 1.35. The molecule has 3 heterocycles. The lowest BCUT2D eigenvalue weighted by Crippen LogP contribution is -2.15. The number of methoxy groups -OCH3 is 1. The number of hydrogen-bond donors (Lipinski definition) is 1. The van der Waals surface area contributed by atoms with Crippen molar-refractivity contribution in [1.82, 2.24) is 24.8 Å². The highest BCUT2D eigenvalue weighted by molar-refractivity contribution is 8.00. The van der Waals surface area contributed by atoms with Crippen molar-refractivity contribution < 1.29 is 4.74 Å². The molecule has 4 rings (SSSR count). The van der Waals surface area contributed by atoms with Crippen LogP contribution in [0.5, 0.6) is 5.75 Å². The van der Waals surface area contributed by atoms with E-state index in [0.717, 1.165) is 31.9 Å². The first kappa shape index (κ1) is 17.7. The Kier molecular flexibility index (Phi) is 4.71. The van der Waals surface area contributed by atoms with Gasteiger partial charge in [0.15, 0.2) is 9.99 Å². The Hall–Kier alpha value is -2.65. The van der Waals surface area contributed by atoms with E-state index in [1.54, 1.807) is 13.2 Å². The van der Waals surface area contributed by atoms with Gasteiger partial charge < -0.3 is 4.74 Å². The molecule has 0 unspecified atom stereocenters. The molecule has 0 radical (unpaired) electrons. The first-order valence-electron chi connectivity index (χ1n) is 8.24. The van der Waals surface area contributed by atoms with E-state index in [2.05, 4.69) is 15.3 Å². The molecule has 1 N–H and O–H groups in total. The van der Waals surface area contributed by atoms with Gasteiger partial charge in [0, 0.05) is 23.1 Å². The molecule has 0 aliphatic rings. The molecule has 3 aromatic heterocycles. The third-order valence-corrected chi connectivity index (χ3v) is 6.09. The lowest BCUT2D eigenvalue weighted by Gasteiger charge is -2.04. The maximum Gasteiger partial charge on any atom is 0.272 e. The number of aryl methyl sites for hydroxylation is 2. The van der Waals surface area contributed by atoms with Gasteiger partial charge in [0.25, 0.3) is 5.56 Å². The first-order chi connectivity index (χ1) is 13.0. The van der Waals surface area contributed by atoms with Gasteiger partial charge in [-0.05, 0) is 31.5 Å². The summed E-state index contributed by atoms with van der Waals surface area (Å²) in [6.07, 6.45) is 0. The molecule has 0 saturated heterocycles. The molecule has 7 nitrogen and oxygen atoms in total. The van der Waals surface area contributed by atoms with Crippen LogP contribution in [0.25, 0.3) is 16.8 Å². The van der Waals surface area contributed by atoms with Crippen molar-refractivity contribution in [3.63, 3.8) is 0 Å². The van der Waals surface area contributed by atoms with Gasteiger partial charge in [-0.2, -0.15) is 0 Å². The minimum absolute atomic E-state index is 0.132. The number of aromatic amines is 1. The third-order valence-electron chi connectivity index (χ3n) is 4.08. The van der Waals surface area contributed by atoms with Crippen LogP contribution >= 0.6 is 23.1 Å². The number of nitrogens with one attached hydrogen (secondary N) is 1. The van der Waals surface area contributed by atoms with Gasteiger partial charge in [-0.1, -0.05) is 35.2 Å². The number of thioether (sulfide) groups is 1. The maximum atomic E-state index is 12.5. The summed E-state index contributed by atoms with van der Waals surface area (Å²) < 4.78 is 7.58. The average molecular weight is 400 g/mol. The number of aromatic nitrogens is 5. The number of ether oxygens (including phenoxy) is 1. The molecule has 0 fully saturated rings. The largest absolute Gasteiger partial charge is 0.497 e. The molecule has 0 aliphatic heterocycles. The summed E-state index contributed by atoms with van der Waals surface area (Å²) in [5.41, 5.74) is 3.97. The Labute approximate surface area is 163 Å². The van der Waals surface area contributed by atoms with Gasteiger partial charge in [0.2, 0.25) is 0 Å². The second-order valence-corrected chi connectivity index (χ2v) is 8.36. The molecular formula is C18H17N5O2S2. The topological polar surface area (TPSA) is 85.2 Å². The Morgan fingerprint density at radius 3 is 2.67 bits per heavy atom. The monoisotopic (exact) mass is 399 g/mol. The molecule has 0 bridgehead atoms. The Bertz CT molecular complexity index is 1160. The van der Waals surface area contributed by atoms with Crippen LogP contribution in [0.15, 0.2) is 39.5 Å². The van der Waals surface area contributed by atoms with E-state index in [1.165, 1.54) is 27.6 Å². The van der Waals surface area contributed by atoms with Gasteiger partial charge in [0.05, 0.1) is 12.8 Å². The molecule has 0 aliphatic carbocycles. The lowest BCUT2D eigenvalue weighted by molar-refractivity contribution is 0.415. The van der Waals surface area contributed by atoms with Crippen LogP contribution in [0.1, 0.15) is 16.4 Å². The van der Waals surface area contributed by atoms with Crippen molar-refractivity contribution in [2.45, 2.75) is 23.9 Å². The van der Waals surface area contributed by atoms with Crippen LogP contribution < -0.4 is 10.3 Å². The van der Waals surface area contributed by atoms with Gasteiger partial charge in [-0.3, -0.25) is 9.89 Å². The molecule has 0 atom stereocenters. The second-order valence-electron chi connectivity index (χ2n) is 5.96. The predicted molar refractivity (Wildman–Crippen MR) is 107 cm³/mol. The number of H-pyrrole nitrogens is 1. The Morgan fingerprint density at radius 2 is 2.00 bits per heavy atom. The lowest BCUT2D eigenvalue weighted by atomic mass is 10.1. The zero-order valence-corrected chi connectivity index (χ0v) is 16.6. The van der Waals surface area contributed by atoms with E-state index < -0.39 is 0 Å². The highest BCUT2D eigenvalue weighted by Crippen LogP contribution is 2.29. The molecule has 27 heavy (non-hydrogen) atoms. The van der Waals surface area contributed by atoms with E-state index >= 15 is 0 Å². The maximum absolute atomic E-state index is 12.5. The van der Waals surface area contributed by atoms with Crippen molar-refractivity contribution >= 4 is 28.7 Å². The number of rotatable bonds is 5. The van der Waals surface area contributed by atoms with E-state index in [0.29, 0.717) is 17.1 Å². The van der Waals surface area contributed by atoms with Gasteiger partial charge in [0.1, 0.15) is 10.8 Å². The van der Waals surface area contributed by atoms with E-state index in [1.807, 2.05) is 38.1 Å². The number of nitrogens with zero attached hydrogens (tertiary/aromatic N) is 4. The molecule has 4 aromatic rings. The fourth-order valence-corrected chi connectivity index (χ4v) is 4.55. The van der Waals surface area contributed by atoms with Crippen LogP contribution in [-0.2, 0) is 5.75 Å². The van der Waals surface area contributed by atoms with Crippen molar-refractivity contribution in [3.8, 4) is 16.9 Å². The highest BCUT2D eigenvalue weighted by Gasteiger charge is 2.15. The Morgan fingerprint density at radius 1 is 1.22 bits per heavy atom. The van der Waals surface area contributed by atoms with Gasteiger partial charge >= 0.3 is 0 Å². The highest BCUT2D eigenvalue weighted by atomic mass is 32.2. The van der Waals surface area contributed by atoms with Crippen LogP contribution in [0.3, 0.4) is 0 Å². The summed E-state index contributed by atoms with van der Waals surface area (Å²) in [7, 11) is 1.64. The molecule has 9 heteroatoms. The zero-order chi connectivity index (χ0) is 19.0. The summed E-state index contributed by atoms with van der Waals surface area (Å²) >= 11 is 3.07. The minimum atomic E-state index is -0.132. The number of hydrogen-bond acceptors (Lipinski definition) is 7. The fraction of sp³-hybridized carbons (Fsp3) is 0.222. The molecule has 0 saturated carbocycles. The van der Waals surface area contributed by atoms with Crippen molar-refractivity contribution in [2.75, 3.05) is 7.11 Å². The second kappa shape index (κ2) is 7.16. The molecule has 0 spiro atoms. The normalized spacial score (nSPS) is 11.2. The molecule has 0 amide bonds. The summed E-state index contributed by atoms with van der Waals surface area (Å²) in [4.78, 5) is 17.3. The van der Waals surface area contributed by atoms with Gasteiger partial charge in [-0.25, -0.2) is 9.50 Å². The molecule has 1 aromatic carbocycles. The van der Waals surface area contributed by atoms with E-state index in [4.69, 9.17) is 9.72 Å². The molecule has 138 valence electrons. The van der Waals surface area contributed by atoms with E-state index in [-0.39, 0.29) is 5.56 Å². The van der Waals surface area contributed by atoms with Crippen LogP contribution in [-0.4, -0.2) is 31.9 Å². The van der Waals surface area contributed by atoms with Crippen molar-refractivity contribution in [3.05, 3.63) is 57.1 Å². The summed E-state index contributed by atoms with van der Waals surface area (Å²) in [5, 5.41) is 12.1. The number of fused-ring (bicyclic) bond motifs is 1. The SMILES string of the molecule is COc1ccc(-c2c(C)[nH]n3c(=O)cc(CSc4nnc(C)s4)nc23)cc1. The third kappa shape index (κ3) is 3.47. The van der Waals surface area contributed by atoms with Crippen molar-refractivity contribution in [1.29, 1.82) is 0 Å². The fourth-order valence-electron chi connectivity index (χ4n) is 2.85. The summed E-state index contributed by atoms with van der Waals surface area (Å²) in [6, 6.07) is 9.28. The average Bonchev–Trinajstić information content (AvgIpc) is 3.23. The minimum Gasteiger partial charge on any atom is -0.497 e. The van der Waals surface area contributed by atoms with Crippen molar-refractivity contribution in [2.24, 2.45) is 0 Å². The molecular weight excluding hydrogens is 382 g/mol. The van der Waals surface area contributed by atoms with Crippen LogP contribution in [0.4, 0.5) is 0 Å². The standard InChI is InChI=1S/C18H17N5O2S2/c1-10-16(12-4-6-14(25-3)7-5-12)17-19-13(8-15(24)23(17)22-10)9-26-18-21-20-11(2)27-18/h4-8,22H,9H2,1-3H3. The van der Waals surface area contributed by atoms with Crippen LogP contribution in [0, 0.1) is 13.8 Å². The number of benzene rings is 1. The quantitative estimate of drug-likeness (QED) is 0.517.